The van der Waals surface area contributed by atoms with Crippen LogP contribution in [0.2, 0.25) is 0 Å². The Kier molecular flexibility index (Phi) is 5.77. The molecule has 2 aromatic rings. The van der Waals surface area contributed by atoms with Gasteiger partial charge in [-0.05, 0) is 54.3 Å². The highest BCUT2D eigenvalue weighted by molar-refractivity contribution is 9.10. The number of benzene rings is 2. The molecule has 1 aliphatic heterocycles. The minimum Gasteiger partial charge on any atom is -0.326 e. The summed E-state index contributed by atoms with van der Waals surface area (Å²) in [5, 5.41) is 2.94. The van der Waals surface area contributed by atoms with Crippen LogP contribution in [-0.2, 0) is 9.59 Å². The van der Waals surface area contributed by atoms with Gasteiger partial charge in [0.2, 0.25) is 11.8 Å². The van der Waals surface area contributed by atoms with Crippen molar-refractivity contribution >= 4 is 39.1 Å². The van der Waals surface area contributed by atoms with Crippen LogP contribution >= 0.6 is 15.9 Å². The van der Waals surface area contributed by atoms with Crippen molar-refractivity contribution in [2.75, 3.05) is 16.8 Å². The lowest BCUT2D eigenvalue weighted by molar-refractivity contribution is -0.122. The first-order valence-electron chi connectivity index (χ1n) is 8.94. The zero-order valence-corrected chi connectivity index (χ0v) is 16.6. The topological polar surface area (TPSA) is 49.4 Å². The van der Waals surface area contributed by atoms with Gasteiger partial charge in [0.15, 0.2) is 0 Å². The van der Waals surface area contributed by atoms with Crippen molar-refractivity contribution in [1.82, 2.24) is 0 Å². The molecular formula is C21H23BrN2O2. The number of carbonyl (C=O) groups excluding carboxylic acids is 2. The number of halogens is 1. The van der Waals surface area contributed by atoms with E-state index in [0.29, 0.717) is 12.5 Å². The molecule has 0 bridgehead atoms. The molecule has 1 fully saturated rings. The van der Waals surface area contributed by atoms with Gasteiger partial charge in [-0.2, -0.15) is 0 Å². The standard InChI is InChI=1S/C21H23BrN2O2/c1-3-14(2)15-4-8-18(9-5-15)23-21(26)16-12-20(25)24(13-16)19-10-6-17(22)7-11-19/h4-11,14,16H,3,12-13H2,1-2H3,(H,23,26)/t14-,16+/m0/s1. The lowest BCUT2D eigenvalue weighted by Crippen LogP contribution is -2.28. The Morgan fingerprint density at radius 3 is 2.46 bits per heavy atom. The molecular weight excluding hydrogens is 392 g/mol. The van der Waals surface area contributed by atoms with Gasteiger partial charge in [0.25, 0.3) is 0 Å². The van der Waals surface area contributed by atoms with Crippen LogP contribution in [0.4, 0.5) is 11.4 Å². The van der Waals surface area contributed by atoms with Gasteiger partial charge in [-0.3, -0.25) is 9.59 Å². The Morgan fingerprint density at radius 2 is 1.85 bits per heavy atom. The van der Waals surface area contributed by atoms with Crippen molar-refractivity contribution in [2.24, 2.45) is 5.92 Å². The lowest BCUT2D eigenvalue weighted by Gasteiger charge is -2.17. The normalized spacial score (nSPS) is 18.0. The molecule has 0 radical (unpaired) electrons. The highest BCUT2D eigenvalue weighted by Gasteiger charge is 2.35. The van der Waals surface area contributed by atoms with Crippen LogP contribution in [0.25, 0.3) is 0 Å². The highest BCUT2D eigenvalue weighted by Crippen LogP contribution is 2.27. The Morgan fingerprint density at radius 1 is 1.19 bits per heavy atom. The summed E-state index contributed by atoms with van der Waals surface area (Å²) >= 11 is 3.39. The molecule has 4 nitrogen and oxygen atoms in total. The largest absolute Gasteiger partial charge is 0.326 e. The molecule has 2 amide bonds. The third-order valence-corrected chi connectivity index (χ3v) is 5.52. The van der Waals surface area contributed by atoms with E-state index in [2.05, 4.69) is 47.2 Å². The molecule has 1 N–H and O–H groups in total. The average molecular weight is 415 g/mol. The second-order valence-corrected chi connectivity index (χ2v) is 7.72. The maximum atomic E-state index is 12.6. The Labute approximate surface area is 162 Å². The Hall–Kier alpha value is -2.14. The van der Waals surface area contributed by atoms with E-state index in [0.717, 1.165) is 22.3 Å². The molecule has 2 atom stereocenters. The first-order valence-corrected chi connectivity index (χ1v) is 9.74. The molecule has 5 heteroatoms. The number of carbonyl (C=O) groups is 2. The average Bonchev–Trinajstić information content (AvgIpc) is 3.04. The van der Waals surface area contributed by atoms with Gasteiger partial charge in [0.05, 0.1) is 5.92 Å². The number of rotatable bonds is 5. The summed E-state index contributed by atoms with van der Waals surface area (Å²) in [7, 11) is 0. The predicted molar refractivity (Wildman–Crippen MR) is 108 cm³/mol. The summed E-state index contributed by atoms with van der Waals surface area (Å²) in [4.78, 5) is 26.6. The van der Waals surface area contributed by atoms with Crippen LogP contribution in [0, 0.1) is 5.92 Å². The van der Waals surface area contributed by atoms with Crippen LogP contribution < -0.4 is 10.2 Å². The fourth-order valence-electron chi connectivity index (χ4n) is 3.13. The molecule has 1 saturated heterocycles. The smallest absolute Gasteiger partial charge is 0.229 e. The summed E-state index contributed by atoms with van der Waals surface area (Å²) in [5.41, 5.74) is 2.87. The van der Waals surface area contributed by atoms with E-state index in [1.807, 2.05) is 36.4 Å². The van der Waals surface area contributed by atoms with E-state index in [4.69, 9.17) is 0 Å². The first-order chi connectivity index (χ1) is 12.5. The summed E-state index contributed by atoms with van der Waals surface area (Å²) in [5.74, 6) is 0.0564. The third kappa shape index (κ3) is 4.15. The van der Waals surface area contributed by atoms with Gasteiger partial charge < -0.3 is 10.2 Å². The monoisotopic (exact) mass is 414 g/mol. The van der Waals surface area contributed by atoms with Crippen LogP contribution in [0.5, 0.6) is 0 Å². The van der Waals surface area contributed by atoms with Crippen LogP contribution in [-0.4, -0.2) is 18.4 Å². The van der Waals surface area contributed by atoms with Gasteiger partial charge >= 0.3 is 0 Å². The molecule has 0 aliphatic carbocycles. The maximum absolute atomic E-state index is 12.6. The van der Waals surface area contributed by atoms with Crippen molar-refractivity contribution in [3.8, 4) is 0 Å². The Balaban J connectivity index is 1.63. The molecule has 26 heavy (non-hydrogen) atoms. The molecule has 0 aromatic heterocycles. The van der Waals surface area contributed by atoms with Crippen molar-refractivity contribution < 1.29 is 9.59 Å². The van der Waals surface area contributed by atoms with E-state index in [1.165, 1.54) is 5.56 Å². The zero-order chi connectivity index (χ0) is 18.7. The molecule has 1 aliphatic rings. The van der Waals surface area contributed by atoms with Gasteiger partial charge in [0.1, 0.15) is 0 Å². The number of hydrogen-bond donors (Lipinski definition) is 1. The summed E-state index contributed by atoms with van der Waals surface area (Å²) < 4.78 is 0.961. The van der Waals surface area contributed by atoms with Crippen molar-refractivity contribution in [3.63, 3.8) is 0 Å². The van der Waals surface area contributed by atoms with Crippen LogP contribution in [0.3, 0.4) is 0 Å². The number of hydrogen-bond acceptors (Lipinski definition) is 2. The fraction of sp³-hybridized carbons (Fsp3) is 0.333. The van der Waals surface area contributed by atoms with Gasteiger partial charge in [-0.1, -0.05) is 41.9 Å². The SMILES string of the molecule is CC[C@H](C)c1ccc(NC(=O)[C@@H]2CC(=O)N(c3ccc(Br)cc3)C2)cc1. The molecule has 2 aromatic carbocycles. The molecule has 136 valence electrons. The molecule has 3 rings (SSSR count). The second kappa shape index (κ2) is 8.04. The van der Waals surface area contributed by atoms with Crippen LogP contribution in [0.1, 0.15) is 38.2 Å². The lowest BCUT2D eigenvalue weighted by atomic mass is 9.98. The minimum atomic E-state index is -0.333. The van der Waals surface area contributed by atoms with E-state index in [-0.39, 0.29) is 24.2 Å². The summed E-state index contributed by atoms with van der Waals surface area (Å²) in [6, 6.07) is 15.5. The molecule has 1 heterocycles. The summed E-state index contributed by atoms with van der Waals surface area (Å²) in [6.07, 6.45) is 1.33. The van der Waals surface area contributed by atoms with E-state index >= 15 is 0 Å². The van der Waals surface area contributed by atoms with Crippen molar-refractivity contribution in [1.29, 1.82) is 0 Å². The number of nitrogens with one attached hydrogen (secondary N) is 1. The predicted octanol–water partition coefficient (Wildman–Crippen LogP) is 4.95. The molecule has 0 spiro atoms. The van der Waals surface area contributed by atoms with Crippen LogP contribution in [0.15, 0.2) is 53.0 Å². The molecule has 0 saturated carbocycles. The Bertz CT molecular complexity index is 787. The fourth-order valence-corrected chi connectivity index (χ4v) is 3.39. The number of anilines is 2. The van der Waals surface area contributed by atoms with Crippen molar-refractivity contribution in [2.45, 2.75) is 32.6 Å². The third-order valence-electron chi connectivity index (χ3n) is 4.99. The first kappa shape index (κ1) is 18.6. The quantitative estimate of drug-likeness (QED) is 0.751. The highest BCUT2D eigenvalue weighted by atomic mass is 79.9. The van der Waals surface area contributed by atoms with Gasteiger partial charge in [-0.15, -0.1) is 0 Å². The van der Waals surface area contributed by atoms with E-state index in [1.54, 1.807) is 4.90 Å². The zero-order valence-electron chi connectivity index (χ0n) is 15.0. The minimum absolute atomic E-state index is 0.0143. The van der Waals surface area contributed by atoms with E-state index < -0.39 is 0 Å². The number of nitrogens with zero attached hydrogens (tertiary/aromatic N) is 1. The second-order valence-electron chi connectivity index (χ2n) is 6.80. The van der Waals surface area contributed by atoms with Gasteiger partial charge in [-0.25, -0.2) is 0 Å². The van der Waals surface area contributed by atoms with E-state index in [9.17, 15) is 9.59 Å². The maximum Gasteiger partial charge on any atom is 0.229 e. The molecule has 0 unspecified atom stereocenters. The number of amides is 2. The van der Waals surface area contributed by atoms with Gasteiger partial charge in [0, 0.05) is 28.8 Å². The van der Waals surface area contributed by atoms with Crippen molar-refractivity contribution in [3.05, 3.63) is 58.6 Å². The summed E-state index contributed by atoms with van der Waals surface area (Å²) in [6.45, 7) is 4.76.